The summed E-state index contributed by atoms with van der Waals surface area (Å²) in [6.45, 7) is 2.59. The summed E-state index contributed by atoms with van der Waals surface area (Å²) in [5, 5.41) is 5.83. The summed E-state index contributed by atoms with van der Waals surface area (Å²) in [7, 11) is 1.43. The molecule has 1 heterocycles. The minimum Gasteiger partial charge on any atom is -0.495 e. The number of carbonyl (C=O) groups is 2. The maximum absolute atomic E-state index is 12.5. The summed E-state index contributed by atoms with van der Waals surface area (Å²) in [6.07, 6.45) is -1.17. The predicted molar refractivity (Wildman–Crippen MR) is 116 cm³/mol. The predicted octanol–water partition coefficient (Wildman–Crippen LogP) is 2.23. The summed E-state index contributed by atoms with van der Waals surface area (Å²) in [6, 6.07) is 9.44. The molecule has 2 N–H and O–H groups in total. The topological polar surface area (TPSA) is 119 Å². The van der Waals surface area contributed by atoms with E-state index in [9.17, 15) is 19.2 Å². The molecule has 1 amide bonds. The SMILES string of the molecule is COc1cc(Cl)c(C)cc1NC(=O)[C@@H](C)OC(=O)Cn1[nH]c(=O)c2ccccc2c1=O. The lowest BCUT2D eigenvalue weighted by Crippen LogP contribution is -2.36. The van der Waals surface area contributed by atoms with E-state index in [1.54, 1.807) is 31.2 Å². The smallest absolute Gasteiger partial charge is 0.328 e. The molecular formula is C21H20ClN3O6. The summed E-state index contributed by atoms with van der Waals surface area (Å²) in [5.74, 6) is -1.12. The fraction of sp³-hybridized carbons (Fsp3) is 0.238. The number of nitrogens with one attached hydrogen (secondary N) is 2. The van der Waals surface area contributed by atoms with Crippen molar-refractivity contribution in [2.75, 3.05) is 12.4 Å². The molecule has 0 aliphatic carbocycles. The van der Waals surface area contributed by atoms with Crippen molar-refractivity contribution in [2.45, 2.75) is 26.5 Å². The Hall–Kier alpha value is -3.59. The number of nitrogens with zero attached hydrogens (tertiary/aromatic N) is 1. The van der Waals surface area contributed by atoms with Crippen LogP contribution in [0.2, 0.25) is 5.02 Å². The van der Waals surface area contributed by atoms with Crippen LogP contribution in [-0.4, -0.2) is 34.9 Å². The average Bonchev–Trinajstić information content (AvgIpc) is 2.74. The molecule has 0 saturated carbocycles. The zero-order valence-corrected chi connectivity index (χ0v) is 17.8. The van der Waals surface area contributed by atoms with Gasteiger partial charge in [0.05, 0.1) is 23.6 Å². The van der Waals surface area contributed by atoms with E-state index in [4.69, 9.17) is 21.1 Å². The quantitative estimate of drug-likeness (QED) is 0.561. The van der Waals surface area contributed by atoms with Gasteiger partial charge in [-0.15, -0.1) is 0 Å². The third-order valence-corrected chi connectivity index (χ3v) is 4.99. The van der Waals surface area contributed by atoms with Gasteiger partial charge in [-0.3, -0.25) is 24.3 Å². The van der Waals surface area contributed by atoms with E-state index < -0.39 is 35.6 Å². The molecule has 0 bridgehead atoms. The zero-order valence-electron chi connectivity index (χ0n) is 17.0. The molecule has 2 aromatic carbocycles. The van der Waals surface area contributed by atoms with E-state index in [0.717, 1.165) is 10.2 Å². The molecule has 9 nitrogen and oxygen atoms in total. The normalized spacial score (nSPS) is 11.7. The fourth-order valence-corrected chi connectivity index (χ4v) is 3.09. The number of fused-ring (bicyclic) bond motifs is 1. The Labute approximate surface area is 181 Å². The largest absolute Gasteiger partial charge is 0.495 e. The number of aromatic nitrogens is 2. The lowest BCUT2D eigenvalue weighted by atomic mass is 10.2. The van der Waals surface area contributed by atoms with Gasteiger partial charge >= 0.3 is 5.97 Å². The Morgan fingerprint density at radius 3 is 2.55 bits per heavy atom. The maximum atomic E-state index is 12.5. The van der Waals surface area contributed by atoms with E-state index >= 15 is 0 Å². The molecule has 1 aromatic heterocycles. The van der Waals surface area contributed by atoms with Crippen molar-refractivity contribution in [1.82, 2.24) is 9.78 Å². The van der Waals surface area contributed by atoms with Crippen molar-refractivity contribution in [3.05, 3.63) is 67.7 Å². The molecule has 0 aliphatic rings. The van der Waals surface area contributed by atoms with Gasteiger partial charge in [-0.05, 0) is 37.6 Å². The van der Waals surface area contributed by atoms with Gasteiger partial charge in [-0.1, -0.05) is 23.7 Å². The van der Waals surface area contributed by atoms with E-state index in [-0.39, 0.29) is 10.8 Å². The first-order chi connectivity index (χ1) is 14.7. The van der Waals surface area contributed by atoms with Crippen molar-refractivity contribution in [1.29, 1.82) is 0 Å². The van der Waals surface area contributed by atoms with Gasteiger partial charge in [0.25, 0.3) is 17.0 Å². The minimum atomic E-state index is -1.17. The Balaban J connectivity index is 1.71. The number of esters is 1. The van der Waals surface area contributed by atoms with Crippen LogP contribution in [-0.2, 0) is 20.9 Å². The zero-order chi connectivity index (χ0) is 22.7. The standard InChI is InChI=1S/C21H20ClN3O6/c1-11-8-16(17(30-3)9-15(11)22)23-19(27)12(2)31-18(26)10-25-21(29)14-7-5-4-6-13(14)20(28)24-25/h4-9,12H,10H2,1-3H3,(H,23,27)(H,24,28)/t12-/m1/s1. The molecule has 0 saturated heterocycles. The van der Waals surface area contributed by atoms with Crippen molar-refractivity contribution < 1.29 is 19.1 Å². The van der Waals surface area contributed by atoms with Gasteiger partial charge in [0.1, 0.15) is 12.3 Å². The number of H-pyrrole nitrogens is 1. The number of hydrogen-bond donors (Lipinski definition) is 2. The maximum Gasteiger partial charge on any atom is 0.328 e. The molecule has 0 fully saturated rings. The van der Waals surface area contributed by atoms with Crippen LogP contribution in [0.1, 0.15) is 12.5 Å². The van der Waals surface area contributed by atoms with Crippen molar-refractivity contribution in [2.24, 2.45) is 0 Å². The van der Waals surface area contributed by atoms with Gasteiger partial charge in [0.2, 0.25) is 0 Å². The van der Waals surface area contributed by atoms with Crippen molar-refractivity contribution in [3.63, 3.8) is 0 Å². The number of carbonyl (C=O) groups excluding carboxylic acids is 2. The molecule has 162 valence electrons. The monoisotopic (exact) mass is 445 g/mol. The van der Waals surface area contributed by atoms with E-state index in [1.165, 1.54) is 26.2 Å². The number of amides is 1. The van der Waals surface area contributed by atoms with Crippen LogP contribution >= 0.6 is 11.6 Å². The molecule has 31 heavy (non-hydrogen) atoms. The number of methoxy groups -OCH3 is 1. The van der Waals surface area contributed by atoms with E-state index in [0.29, 0.717) is 16.5 Å². The second kappa shape index (κ2) is 9.05. The Morgan fingerprint density at radius 1 is 1.19 bits per heavy atom. The highest BCUT2D eigenvalue weighted by molar-refractivity contribution is 6.31. The first kappa shape index (κ1) is 22.1. The Bertz CT molecular complexity index is 1280. The highest BCUT2D eigenvalue weighted by Gasteiger charge is 2.21. The molecule has 1 atom stereocenters. The summed E-state index contributed by atoms with van der Waals surface area (Å²) >= 11 is 6.05. The molecule has 3 rings (SSSR count). The molecule has 10 heteroatoms. The number of aromatic amines is 1. The van der Waals surface area contributed by atoms with Crippen molar-refractivity contribution in [3.8, 4) is 5.75 Å². The summed E-state index contributed by atoms with van der Waals surface area (Å²) < 4.78 is 11.2. The minimum absolute atomic E-state index is 0.176. The number of hydrogen-bond acceptors (Lipinski definition) is 6. The van der Waals surface area contributed by atoms with Crippen LogP contribution in [0.15, 0.2) is 46.0 Å². The first-order valence-corrected chi connectivity index (χ1v) is 9.65. The van der Waals surface area contributed by atoms with Crippen LogP contribution in [0.5, 0.6) is 5.75 Å². The van der Waals surface area contributed by atoms with Gasteiger partial charge in [-0.25, -0.2) is 4.68 Å². The molecule has 0 spiro atoms. The third-order valence-electron chi connectivity index (χ3n) is 4.59. The molecular weight excluding hydrogens is 426 g/mol. The lowest BCUT2D eigenvalue weighted by Gasteiger charge is -2.16. The molecule has 0 radical (unpaired) electrons. The molecule has 0 unspecified atom stereocenters. The highest BCUT2D eigenvalue weighted by Crippen LogP contribution is 2.31. The van der Waals surface area contributed by atoms with Gasteiger partial charge in [0.15, 0.2) is 6.10 Å². The number of anilines is 1. The number of benzene rings is 2. The first-order valence-electron chi connectivity index (χ1n) is 9.27. The van der Waals surface area contributed by atoms with E-state index in [2.05, 4.69) is 10.4 Å². The Morgan fingerprint density at radius 2 is 1.87 bits per heavy atom. The van der Waals surface area contributed by atoms with Crippen LogP contribution in [0.25, 0.3) is 10.8 Å². The van der Waals surface area contributed by atoms with Gasteiger partial charge in [-0.2, -0.15) is 0 Å². The summed E-state index contributed by atoms with van der Waals surface area (Å²) in [5.41, 5.74) is 0.0269. The number of halogens is 1. The number of rotatable bonds is 6. The Kier molecular flexibility index (Phi) is 6.45. The highest BCUT2D eigenvalue weighted by atomic mass is 35.5. The third kappa shape index (κ3) is 4.77. The van der Waals surface area contributed by atoms with E-state index in [1.807, 2.05) is 0 Å². The average molecular weight is 446 g/mol. The number of ether oxygens (including phenoxy) is 2. The lowest BCUT2D eigenvalue weighted by molar-refractivity contribution is -0.154. The van der Waals surface area contributed by atoms with Gasteiger partial charge in [0, 0.05) is 11.1 Å². The van der Waals surface area contributed by atoms with Gasteiger partial charge < -0.3 is 14.8 Å². The fourth-order valence-electron chi connectivity index (χ4n) is 2.94. The number of aryl methyl sites for hydroxylation is 1. The van der Waals surface area contributed by atoms with Crippen molar-refractivity contribution >= 4 is 39.9 Å². The van der Waals surface area contributed by atoms with Crippen LogP contribution in [0.3, 0.4) is 0 Å². The van der Waals surface area contributed by atoms with Crippen LogP contribution in [0, 0.1) is 6.92 Å². The van der Waals surface area contributed by atoms with Crippen LogP contribution in [0.4, 0.5) is 5.69 Å². The molecule has 0 aliphatic heterocycles. The summed E-state index contributed by atoms with van der Waals surface area (Å²) in [4.78, 5) is 49.3. The molecule has 3 aromatic rings. The van der Waals surface area contributed by atoms with Crippen LogP contribution < -0.4 is 21.2 Å². The second-order valence-electron chi connectivity index (χ2n) is 6.80. The second-order valence-corrected chi connectivity index (χ2v) is 7.21.